The monoisotopic (exact) mass is 384 g/mol. The minimum absolute atomic E-state index is 0.236. The normalized spacial score (nSPS) is 17.6. The van der Waals surface area contributed by atoms with Crippen molar-refractivity contribution in [2.75, 3.05) is 54.5 Å². The largest absolute Gasteiger partial charge is 0.459 e. The Morgan fingerprint density at radius 2 is 1.75 bits per heavy atom. The minimum atomic E-state index is -0.236. The van der Waals surface area contributed by atoms with Gasteiger partial charge < -0.3 is 24.3 Å². The number of aryl methyl sites for hydroxylation is 2. The second kappa shape index (κ2) is 8.22. The average molecular weight is 384 g/mol. The number of ether oxygens (including phenoxy) is 1. The van der Waals surface area contributed by atoms with Crippen LogP contribution >= 0.6 is 0 Å². The van der Waals surface area contributed by atoms with Gasteiger partial charge in [-0.15, -0.1) is 0 Å². The molecular weight excluding hydrogens is 356 g/mol. The van der Waals surface area contributed by atoms with Crippen LogP contribution in [0.4, 0.5) is 17.3 Å². The van der Waals surface area contributed by atoms with E-state index in [2.05, 4.69) is 22.0 Å². The molecule has 7 heteroatoms. The van der Waals surface area contributed by atoms with Crippen molar-refractivity contribution in [3.8, 4) is 0 Å². The van der Waals surface area contributed by atoms with Gasteiger partial charge >= 0.3 is 0 Å². The topological polar surface area (TPSA) is 70.8 Å². The van der Waals surface area contributed by atoms with Crippen molar-refractivity contribution >= 4 is 23.2 Å². The molecule has 2 saturated heterocycles. The summed E-state index contributed by atoms with van der Waals surface area (Å²) >= 11 is 0. The van der Waals surface area contributed by atoms with Crippen LogP contribution in [-0.2, 0) is 4.74 Å². The van der Waals surface area contributed by atoms with E-state index in [1.165, 1.54) is 0 Å². The highest BCUT2D eigenvalue weighted by molar-refractivity contribution is 6.04. The quantitative estimate of drug-likeness (QED) is 0.872. The number of nitrogens with zero attached hydrogens (tertiary/aromatic N) is 3. The number of aromatic nitrogens is 1. The second-order valence-electron chi connectivity index (χ2n) is 7.53. The van der Waals surface area contributed by atoms with Crippen molar-refractivity contribution in [1.82, 2.24) is 4.98 Å². The highest BCUT2D eigenvalue weighted by Crippen LogP contribution is 2.33. The molecule has 150 valence electrons. The predicted molar refractivity (Wildman–Crippen MR) is 109 cm³/mol. The summed E-state index contributed by atoms with van der Waals surface area (Å²) < 4.78 is 11.0. The number of anilines is 3. The highest BCUT2D eigenvalue weighted by atomic mass is 16.5. The van der Waals surface area contributed by atoms with Crippen molar-refractivity contribution in [3.05, 3.63) is 35.3 Å². The lowest BCUT2D eigenvalue weighted by atomic mass is 10.2. The SMILES string of the molecule is Cc1cc(NC(=O)c2occc2C)c(N2CCCC2)nc1N1CCCOCC1. The van der Waals surface area contributed by atoms with Crippen molar-refractivity contribution in [2.45, 2.75) is 33.1 Å². The molecule has 0 atom stereocenters. The Morgan fingerprint density at radius 3 is 2.50 bits per heavy atom. The predicted octanol–water partition coefficient (Wildman–Crippen LogP) is 3.37. The smallest absolute Gasteiger partial charge is 0.291 e. The van der Waals surface area contributed by atoms with Gasteiger partial charge in [-0.3, -0.25) is 4.79 Å². The van der Waals surface area contributed by atoms with E-state index in [1.807, 2.05) is 13.0 Å². The first-order valence-electron chi connectivity index (χ1n) is 10.1. The van der Waals surface area contributed by atoms with Gasteiger partial charge in [-0.2, -0.15) is 0 Å². The summed E-state index contributed by atoms with van der Waals surface area (Å²) in [5.41, 5.74) is 2.62. The Kier molecular flexibility index (Phi) is 5.52. The third-order valence-electron chi connectivity index (χ3n) is 5.41. The maximum absolute atomic E-state index is 12.7. The lowest BCUT2D eigenvalue weighted by Crippen LogP contribution is -2.29. The van der Waals surface area contributed by atoms with Gasteiger partial charge in [0.2, 0.25) is 0 Å². The molecule has 1 N–H and O–H groups in total. The molecule has 2 aromatic heterocycles. The molecule has 28 heavy (non-hydrogen) atoms. The van der Waals surface area contributed by atoms with E-state index in [4.69, 9.17) is 14.1 Å². The zero-order chi connectivity index (χ0) is 19.5. The molecule has 2 aromatic rings. The van der Waals surface area contributed by atoms with E-state index in [1.54, 1.807) is 12.3 Å². The van der Waals surface area contributed by atoms with Crippen LogP contribution < -0.4 is 15.1 Å². The van der Waals surface area contributed by atoms with Gasteiger partial charge in [0.05, 0.1) is 18.6 Å². The first-order valence-corrected chi connectivity index (χ1v) is 10.1. The van der Waals surface area contributed by atoms with Gasteiger partial charge in [-0.25, -0.2) is 4.98 Å². The van der Waals surface area contributed by atoms with Crippen LogP contribution in [0.25, 0.3) is 0 Å². The fourth-order valence-electron chi connectivity index (χ4n) is 3.92. The van der Waals surface area contributed by atoms with Gasteiger partial charge in [0.25, 0.3) is 5.91 Å². The molecule has 2 aliphatic rings. The fraction of sp³-hybridized carbons (Fsp3) is 0.524. The second-order valence-corrected chi connectivity index (χ2v) is 7.53. The van der Waals surface area contributed by atoms with Crippen LogP contribution in [0, 0.1) is 13.8 Å². The van der Waals surface area contributed by atoms with E-state index in [0.29, 0.717) is 5.76 Å². The molecule has 4 rings (SSSR count). The Hall–Kier alpha value is -2.54. The summed E-state index contributed by atoms with van der Waals surface area (Å²) in [7, 11) is 0. The summed E-state index contributed by atoms with van der Waals surface area (Å²) in [6.45, 7) is 9.13. The molecule has 0 aliphatic carbocycles. The maximum atomic E-state index is 12.7. The van der Waals surface area contributed by atoms with Crippen molar-refractivity contribution in [2.24, 2.45) is 0 Å². The Balaban J connectivity index is 1.67. The minimum Gasteiger partial charge on any atom is -0.459 e. The molecule has 1 amide bonds. The third-order valence-corrected chi connectivity index (χ3v) is 5.41. The van der Waals surface area contributed by atoms with Crippen LogP contribution in [0.1, 0.15) is 40.9 Å². The summed E-state index contributed by atoms with van der Waals surface area (Å²) in [5.74, 6) is 1.94. The van der Waals surface area contributed by atoms with Crippen LogP contribution in [0.5, 0.6) is 0 Å². The number of hydrogen-bond donors (Lipinski definition) is 1. The molecule has 0 aromatic carbocycles. The van der Waals surface area contributed by atoms with Gasteiger partial charge in [-0.1, -0.05) is 0 Å². The number of pyridine rings is 1. The van der Waals surface area contributed by atoms with E-state index < -0.39 is 0 Å². The van der Waals surface area contributed by atoms with Gasteiger partial charge in [-0.05, 0) is 50.8 Å². The molecular formula is C21H28N4O3. The summed E-state index contributed by atoms with van der Waals surface area (Å²) in [5, 5.41) is 3.03. The molecule has 2 fully saturated rings. The van der Waals surface area contributed by atoms with E-state index in [-0.39, 0.29) is 5.91 Å². The zero-order valence-corrected chi connectivity index (χ0v) is 16.7. The average Bonchev–Trinajstić information content (AvgIpc) is 3.28. The Bertz CT molecular complexity index is 834. The van der Waals surface area contributed by atoms with Crippen LogP contribution in [0.3, 0.4) is 0 Å². The molecule has 2 aliphatic heterocycles. The van der Waals surface area contributed by atoms with E-state index >= 15 is 0 Å². The summed E-state index contributed by atoms with van der Waals surface area (Å²) in [4.78, 5) is 22.3. The van der Waals surface area contributed by atoms with Crippen LogP contribution in [-0.4, -0.2) is 50.3 Å². The molecule has 0 saturated carbocycles. The first-order chi connectivity index (χ1) is 13.6. The van der Waals surface area contributed by atoms with E-state index in [0.717, 1.165) is 87.1 Å². The number of amides is 1. The molecule has 0 bridgehead atoms. The lowest BCUT2D eigenvalue weighted by Gasteiger charge is -2.27. The molecule has 0 unspecified atom stereocenters. The van der Waals surface area contributed by atoms with Crippen molar-refractivity contribution < 1.29 is 13.9 Å². The number of rotatable bonds is 4. The van der Waals surface area contributed by atoms with E-state index in [9.17, 15) is 4.79 Å². The standard InChI is InChI=1S/C21H28N4O3/c1-15-6-12-28-18(15)21(26)22-17-14-16(2)19(25-9-5-11-27-13-10-25)23-20(17)24-7-3-4-8-24/h6,12,14H,3-5,7-11,13H2,1-2H3,(H,22,26). The Morgan fingerprint density at radius 1 is 1.00 bits per heavy atom. The zero-order valence-electron chi connectivity index (χ0n) is 16.7. The van der Waals surface area contributed by atoms with Gasteiger partial charge in [0.15, 0.2) is 11.6 Å². The fourth-order valence-corrected chi connectivity index (χ4v) is 3.92. The third kappa shape index (κ3) is 3.85. The summed E-state index contributed by atoms with van der Waals surface area (Å²) in [6.07, 6.45) is 4.83. The van der Waals surface area contributed by atoms with Crippen LogP contribution in [0.2, 0.25) is 0 Å². The Labute approximate surface area is 165 Å². The van der Waals surface area contributed by atoms with Gasteiger partial charge in [0.1, 0.15) is 5.82 Å². The number of hydrogen-bond acceptors (Lipinski definition) is 6. The number of furan rings is 1. The molecule has 0 spiro atoms. The molecule has 4 heterocycles. The highest BCUT2D eigenvalue weighted by Gasteiger charge is 2.24. The number of carbonyl (C=O) groups is 1. The van der Waals surface area contributed by atoms with Crippen LogP contribution in [0.15, 0.2) is 22.8 Å². The first kappa shape index (κ1) is 18.8. The van der Waals surface area contributed by atoms with Crippen molar-refractivity contribution in [3.63, 3.8) is 0 Å². The molecule has 7 nitrogen and oxygen atoms in total. The van der Waals surface area contributed by atoms with Crippen molar-refractivity contribution in [1.29, 1.82) is 0 Å². The summed E-state index contributed by atoms with van der Waals surface area (Å²) in [6, 6.07) is 3.84. The number of nitrogens with one attached hydrogen (secondary N) is 1. The number of carbonyl (C=O) groups excluding carboxylic acids is 1. The lowest BCUT2D eigenvalue weighted by molar-refractivity contribution is 0.0996. The van der Waals surface area contributed by atoms with Gasteiger partial charge in [0, 0.05) is 38.3 Å². The maximum Gasteiger partial charge on any atom is 0.291 e. The molecule has 0 radical (unpaired) electrons.